The first-order valence-electron chi connectivity index (χ1n) is 11.8. The van der Waals surface area contributed by atoms with Crippen LogP contribution in [-0.4, -0.2) is 18.7 Å². The molecule has 188 valence electrons. The van der Waals surface area contributed by atoms with Crippen LogP contribution in [0.25, 0.3) is 0 Å². The molecule has 0 bridgehead atoms. The van der Waals surface area contributed by atoms with Gasteiger partial charge in [0, 0.05) is 10.0 Å². The Kier molecular flexibility index (Phi) is 9.32. The topological polar surface area (TPSA) is 69.2 Å². The maximum absolute atomic E-state index is 12.6. The standard InChI is InChI=1S/C30H27BrN2O4/c1-2-35-29-18-25(12-17-28(29)37-21-23-6-4-3-5-7-23)30(34)33-32-19-22-10-15-27(16-11-22)36-20-24-8-13-26(31)14-9-24/h3-19H,2,20-21H2,1H3,(H,33,34)/b32-19+. The molecular weight excluding hydrogens is 532 g/mol. The van der Waals surface area contributed by atoms with Gasteiger partial charge in [0.05, 0.1) is 12.8 Å². The third-order valence-electron chi connectivity index (χ3n) is 5.32. The van der Waals surface area contributed by atoms with Crippen LogP contribution in [0.4, 0.5) is 0 Å². The van der Waals surface area contributed by atoms with E-state index in [1.165, 1.54) is 0 Å². The quantitative estimate of drug-likeness (QED) is 0.163. The van der Waals surface area contributed by atoms with Crippen LogP contribution in [0.3, 0.4) is 0 Å². The molecule has 0 unspecified atom stereocenters. The van der Waals surface area contributed by atoms with Crippen molar-refractivity contribution < 1.29 is 19.0 Å². The number of nitrogens with one attached hydrogen (secondary N) is 1. The molecule has 0 aromatic heterocycles. The van der Waals surface area contributed by atoms with E-state index in [-0.39, 0.29) is 5.91 Å². The van der Waals surface area contributed by atoms with Crippen LogP contribution in [0.5, 0.6) is 17.2 Å². The number of amides is 1. The molecule has 0 aliphatic rings. The first-order valence-corrected chi connectivity index (χ1v) is 12.6. The van der Waals surface area contributed by atoms with E-state index in [1.54, 1.807) is 24.4 Å². The highest BCUT2D eigenvalue weighted by atomic mass is 79.9. The van der Waals surface area contributed by atoms with Gasteiger partial charge in [0.25, 0.3) is 5.91 Å². The maximum atomic E-state index is 12.6. The van der Waals surface area contributed by atoms with Gasteiger partial charge in [0.2, 0.25) is 0 Å². The molecule has 1 amide bonds. The van der Waals surface area contributed by atoms with Gasteiger partial charge in [-0.05, 0) is 78.2 Å². The van der Waals surface area contributed by atoms with Crippen molar-refractivity contribution in [2.75, 3.05) is 6.61 Å². The molecule has 0 radical (unpaired) electrons. The molecular formula is C30H27BrN2O4. The number of carbonyl (C=O) groups excluding carboxylic acids is 1. The number of hydrogen-bond acceptors (Lipinski definition) is 5. The molecule has 0 atom stereocenters. The van der Waals surface area contributed by atoms with Gasteiger partial charge in [-0.25, -0.2) is 5.43 Å². The summed E-state index contributed by atoms with van der Waals surface area (Å²) in [6.07, 6.45) is 1.58. The summed E-state index contributed by atoms with van der Waals surface area (Å²) in [5.74, 6) is 1.49. The molecule has 0 aliphatic carbocycles. The summed E-state index contributed by atoms with van der Waals surface area (Å²) in [6.45, 7) is 3.23. The van der Waals surface area contributed by atoms with Crippen molar-refractivity contribution in [2.24, 2.45) is 5.10 Å². The molecule has 4 aromatic rings. The molecule has 0 aliphatic heterocycles. The Balaban J connectivity index is 1.31. The van der Waals surface area contributed by atoms with Crippen molar-refractivity contribution in [2.45, 2.75) is 20.1 Å². The highest BCUT2D eigenvalue weighted by Crippen LogP contribution is 2.29. The molecule has 6 nitrogen and oxygen atoms in total. The zero-order valence-electron chi connectivity index (χ0n) is 20.4. The number of nitrogens with zero attached hydrogens (tertiary/aromatic N) is 1. The zero-order valence-corrected chi connectivity index (χ0v) is 22.0. The van der Waals surface area contributed by atoms with Gasteiger partial charge in [-0.15, -0.1) is 0 Å². The van der Waals surface area contributed by atoms with Gasteiger partial charge in [-0.3, -0.25) is 4.79 Å². The fourth-order valence-corrected chi connectivity index (χ4v) is 3.66. The largest absolute Gasteiger partial charge is 0.490 e. The molecule has 7 heteroatoms. The van der Waals surface area contributed by atoms with Gasteiger partial charge >= 0.3 is 0 Å². The normalized spacial score (nSPS) is 10.8. The average molecular weight is 559 g/mol. The number of benzene rings is 4. The average Bonchev–Trinajstić information content (AvgIpc) is 2.93. The zero-order chi connectivity index (χ0) is 25.9. The Hall–Kier alpha value is -4.10. The second-order valence-corrected chi connectivity index (χ2v) is 8.97. The maximum Gasteiger partial charge on any atom is 0.271 e. The minimum absolute atomic E-state index is 0.346. The van der Waals surface area contributed by atoms with Crippen molar-refractivity contribution in [3.63, 3.8) is 0 Å². The molecule has 0 spiro atoms. The number of hydrogen-bond donors (Lipinski definition) is 1. The molecule has 4 rings (SSSR count). The van der Waals surface area contributed by atoms with Gasteiger partial charge in [0.15, 0.2) is 11.5 Å². The Morgan fingerprint density at radius 2 is 1.51 bits per heavy atom. The first-order chi connectivity index (χ1) is 18.1. The van der Waals surface area contributed by atoms with E-state index in [4.69, 9.17) is 14.2 Å². The summed E-state index contributed by atoms with van der Waals surface area (Å²) in [5, 5.41) is 4.08. The summed E-state index contributed by atoms with van der Waals surface area (Å²) < 4.78 is 18.5. The Morgan fingerprint density at radius 1 is 0.811 bits per heavy atom. The van der Waals surface area contributed by atoms with Crippen LogP contribution >= 0.6 is 15.9 Å². The van der Waals surface area contributed by atoms with E-state index in [9.17, 15) is 4.79 Å². The van der Waals surface area contributed by atoms with E-state index >= 15 is 0 Å². The van der Waals surface area contributed by atoms with Crippen molar-refractivity contribution in [3.05, 3.63) is 124 Å². The van der Waals surface area contributed by atoms with Crippen LogP contribution in [0, 0.1) is 0 Å². The number of halogens is 1. The summed E-state index contributed by atoms with van der Waals surface area (Å²) in [7, 11) is 0. The highest BCUT2D eigenvalue weighted by molar-refractivity contribution is 9.10. The fraction of sp³-hybridized carbons (Fsp3) is 0.133. The van der Waals surface area contributed by atoms with E-state index in [1.807, 2.05) is 85.8 Å². The fourth-order valence-electron chi connectivity index (χ4n) is 3.40. The highest BCUT2D eigenvalue weighted by Gasteiger charge is 2.11. The van der Waals surface area contributed by atoms with E-state index in [0.29, 0.717) is 36.9 Å². The lowest BCUT2D eigenvalue weighted by Crippen LogP contribution is -2.17. The molecule has 0 heterocycles. The summed E-state index contributed by atoms with van der Waals surface area (Å²) in [5.41, 5.74) is 5.94. The van der Waals surface area contributed by atoms with E-state index < -0.39 is 0 Å². The molecule has 0 fully saturated rings. The minimum Gasteiger partial charge on any atom is -0.490 e. The predicted molar refractivity (Wildman–Crippen MR) is 148 cm³/mol. The second-order valence-electron chi connectivity index (χ2n) is 8.05. The van der Waals surface area contributed by atoms with Crippen LogP contribution in [0.15, 0.2) is 107 Å². The van der Waals surface area contributed by atoms with Gasteiger partial charge in [0.1, 0.15) is 19.0 Å². The Morgan fingerprint density at radius 3 is 2.24 bits per heavy atom. The molecule has 0 saturated heterocycles. The molecule has 0 saturated carbocycles. The van der Waals surface area contributed by atoms with Crippen LogP contribution in [0.2, 0.25) is 0 Å². The predicted octanol–water partition coefficient (Wildman–Crippen LogP) is 6.77. The number of carbonyl (C=O) groups is 1. The lowest BCUT2D eigenvalue weighted by Gasteiger charge is -2.13. The van der Waals surface area contributed by atoms with Gasteiger partial charge < -0.3 is 14.2 Å². The smallest absolute Gasteiger partial charge is 0.271 e. The van der Waals surface area contributed by atoms with Crippen molar-refractivity contribution in [1.82, 2.24) is 5.43 Å². The SMILES string of the molecule is CCOc1cc(C(=O)N/N=C/c2ccc(OCc3ccc(Br)cc3)cc2)ccc1OCc1ccccc1. The molecule has 37 heavy (non-hydrogen) atoms. The molecule has 1 N–H and O–H groups in total. The lowest BCUT2D eigenvalue weighted by atomic mass is 10.2. The monoisotopic (exact) mass is 558 g/mol. The Bertz CT molecular complexity index is 1320. The van der Waals surface area contributed by atoms with Crippen LogP contribution in [-0.2, 0) is 13.2 Å². The number of rotatable bonds is 11. The molecule has 4 aromatic carbocycles. The third kappa shape index (κ3) is 7.95. The second kappa shape index (κ2) is 13.3. The summed E-state index contributed by atoms with van der Waals surface area (Å²) in [6, 6.07) is 30.4. The summed E-state index contributed by atoms with van der Waals surface area (Å²) >= 11 is 3.43. The number of ether oxygens (including phenoxy) is 3. The minimum atomic E-state index is -0.346. The van der Waals surface area contributed by atoms with E-state index in [0.717, 1.165) is 26.9 Å². The summed E-state index contributed by atoms with van der Waals surface area (Å²) in [4.78, 5) is 12.6. The third-order valence-corrected chi connectivity index (χ3v) is 5.85. The van der Waals surface area contributed by atoms with Crippen molar-refractivity contribution in [3.8, 4) is 17.2 Å². The van der Waals surface area contributed by atoms with E-state index in [2.05, 4.69) is 26.5 Å². The van der Waals surface area contributed by atoms with Crippen LogP contribution in [0.1, 0.15) is 34.0 Å². The van der Waals surface area contributed by atoms with Crippen LogP contribution < -0.4 is 19.6 Å². The van der Waals surface area contributed by atoms with Gasteiger partial charge in [-0.1, -0.05) is 58.4 Å². The number of hydrazone groups is 1. The Labute approximate surface area is 225 Å². The van der Waals surface area contributed by atoms with Crippen molar-refractivity contribution >= 4 is 28.1 Å². The van der Waals surface area contributed by atoms with Crippen molar-refractivity contribution in [1.29, 1.82) is 0 Å². The lowest BCUT2D eigenvalue weighted by molar-refractivity contribution is 0.0954. The van der Waals surface area contributed by atoms with Gasteiger partial charge in [-0.2, -0.15) is 5.10 Å². The first kappa shape index (κ1) is 26.0.